The average molecular weight is 291 g/mol. The van der Waals surface area contributed by atoms with Crippen molar-refractivity contribution in [3.05, 3.63) is 29.8 Å². The van der Waals surface area contributed by atoms with Crippen LogP contribution in [-0.4, -0.2) is 28.2 Å². The second-order valence-corrected chi connectivity index (χ2v) is 4.61. The van der Waals surface area contributed by atoms with Crippen LogP contribution in [0.4, 0.5) is 0 Å². The number of nitrogens with two attached hydrogens (primary N) is 1. The van der Waals surface area contributed by atoms with Crippen LogP contribution in [0.2, 0.25) is 0 Å². The van der Waals surface area contributed by atoms with E-state index in [1.807, 2.05) is 0 Å². The molecule has 0 radical (unpaired) electrons. The number of aromatic hydroxyl groups is 1. The first-order valence-electron chi connectivity index (χ1n) is 5.46. The zero-order valence-corrected chi connectivity index (χ0v) is 11.5. The summed E-state index contributed by atoms with van der Waals surface area (Å²) in [5, 5.41) is 12.0. The Hall–Kier alpha value is -1.14. The maximum Gasteiger partial charge on any atom is 0 e. The van der Waals surface area contributed by atoms with Crippen molar-refractivity contribution in [2.45, 2.75) is 19.4 Å². The minimum absolute atomic E-state index is 0. The number of hydrogen-bond donors (Lipinski definition) is 3. The monoisotopic (exact) mass is 291 g/mol. The number of amides is 1. The SMILES string of the molecule is CC(=O)N[C@H](CO[C](N)=[V])Cc1ccc(O)cc1.[HH].[HH]. The molecule has 1 rings (SSSR count). The fraction of sp³-hybridized carbons (Fsp3) is 0.333. The summed E-state index contributed by atoms with van der Waals surface area (Å²) in [6.45, 7) is 1.76. The summed E-state index contributed by atoms with van der Waals surface area (Å²) in [6.07, 6.45) is 0.611. The molecule has 0 fully saturated rings. The van der Waals surface area contributed by atoms with Crippen molar-refractivity contribution < 1.29 is 34.5 Å². The topological polar surface area (TPSA) is 84.6 Å². The van der Waals surface area contributed by atoms with Gasteiger partial charge in [0.05, 0.1) is 0 Å². The van der Waals surface area contributed by atoms with Gasteiger partial charge in [-0.1, -0.05) is 0 Å². The standard InChI is InChI=1S/C12H16N2O3.V.2H2/c1-9(15)14-11(7-17-8-13)6-10-2-4-12(16)5-3-10;;;/h2-5,11,16H,6-7,13H2,1H3,(H,14,15);;2*1H/t11-;;;/m0.../s1. The van der Waals surface area contributed by atoms with Crippen LogP contribution < -0.4 is 11.1 Å². The van der Waals surface area contributed by atoms with E-state index in [4.69, 9.17) is 10.5 Å². The van der Waals surface area contributed by atoms with E-state index >= 15 is 0 Å². The summed E-state index contributed by atoms with van der Waals surface area (Å²) in [4.78, 5) is 11.1. The average Bonchev–Trinajstić information content (AvgIpc) is 2.28. The maximum atomic E-state index is 11.1. The van der Waals surface area contributed by atoms with Crippen LogP contribution in [0.15, 0.2) is 24.3 Å². The predicted molar refractivity (Wildman–Crippen MR) is 68.8 cm³/mol. The first-order valence-corrected chi connectivity index (χ1v) is 6.16. The molecule has 1 aromatic carbocycles. The van der Waals surface area contributed by atoms with Gasteiger partial charge in [-0.05, 0) is 0 Å². The number of rotatable bonds is 6. The Bertz CT molecular complexity index is 429. The van der Waals surface area contributed by atoms with Crippen molar-refractivity contribution in [1.29, 1.82) is 0 Å². The summed E-state index contributed by atoms with van der Waals surface area (Å²) in [5.74, 6) is 0.0982. The molecule has 1 atom stereocenters. The van der Waals surface area contributed by atoms with Crippen LogP contribution in [0.5, 0.6) is 5.75 Å². The number of carbonyl (C=O) groups is 1. The van der Waals surface area contributed by atoms with Gasteiger partial charge >= 0.3 is 115 Å². The predicted octanol–water partition coefficient (Wildman–Crippen LogP) is 0.541. The second kappa shape index (κ2) is 7.33. The van der Waals surface area contributed by atoms with Gasteiger partial charge in [-0.2, -0.15) is 0 Å². The van der Waals surface area contributed by atoms with Gasteiger partial charge in [-0.3, -0.25) is 0 Å². The minimum atomic E-state index is -0.158. The molecule has 0 aliphatic heterocycles. The van der Waals surface area contributed by atoms with E-state index in [0.717, 1.165) is 5.56 Å². The molecular formula is C12H20N2O3V. The number of carbonyl (C=O) groups excluding carboxylic acids is 1. The zero-order valence-electron chi connectivity index (χ0n) is 10.1. The first-order chi connectivity index (χ1) is 8.47. The van der Waals surface area contributed by atoms with Gasteiger partial charge in [-0.25, -0.2) is 0 Å². The van der Waals surface area contributed by atoms with Crippen LogP contribution >= 0.6 is 0 Å². The Kier molecular flexibility index (Phi) is 6.08. The summed E-state index contributed by atoms with van der Waals surface area (Å²) < 4.78 is 5.51. The largest absolute Gasteiger partial charge is 0 e. The molecule has 1 aromatic rings. The normalized spacial score (nSPS) is 11.8. The molecule has 4 N–H and O–H groups in total. The number of hydrogen-bond acceptors (Lipinski definition) is 4. The van der Waals surface area contributed by atoms with Gasteiger partial charge in [0.2, 0.25) is 0 Å². The number of nitrogens with one attached hydrogen (secondary N) is 1. The van der Waals surface area contributed by atoms with Crippen molar-refractivity contribution in [3.63, 3.8) is 0 Å². The summed E-state index contributed by atoms with van der Waals surface area (Å²) in [7, 11) is 0. The van der Waals surface area contributed by atoms with E-state index in [1.54, 1.807) is 24.3 Å². The third kappa shape index (κ3) is 5.98. The Morgan fingerprint density at radius 3 is 2.67 bits per heavy atom. The van der Waals surface area contributed by atoms with Crippen molar-refractivity contribution in [1.82, 2.24) is 5.32 Å². The number of phenolic OH excluding ortho intramolecular Hbond substituents is 1. The number of benzene rings is 1. The molecule has 101 valence electrons. The van der Waals surface area contributed by atoms with Gasteiger partial charge in [0.25, 0.3) is 0 Å². The number of phenols is 1. The van der Waals surface area contributed by atoms with E-state index in [1.165, 1.54) is 6.92 Å². The Morgan fingerprint density at radius 2 is 2.17 bits per heavy atom. The first kappa shape index (κ1) is 14.9. The Labute approximate surface area is 118 Å². The van der Waals surface area contributed by atoms with Crippen LogP contribution in [-0.2, 0) is 32.9 Å². The molecule has 5 nitrogen and oxygen atoms in total. The Morgan fingerprint density at radius 1 is 1.56 bits per heavy atom. The van der Waals surface area contributed by atoms with E-state index < -0.39 is 0 Å². The zero-order chi connectivity index (χ0) is 13.5. The molecule has 0 bridgehead atoms. The smallest absolute Gasteiger partial charge is 0 e. The minimum Gasteiger partial charge on any atom is 0 e. The van der Waals surface area contributed by atoms with E-state index in [0.29, 0.717) is 17.6 Å². The molecule has 0 aliphatic rings. The summed E-state index contributed by atoms with van der Waals surface area (Å²) in [5.41, 5.74) is 6.41. The van der Waals surface area contributed by atoms with Crippen molar-refractivity contribution in [2.75, 3.05) is 6.61 Å². The molecule has 0 aromatic heterocycles. The molecule has 18 heavy (non-hydrogen) atoms. The van der Waals surface area contributed by atoms with Crippen molar-refractivity contribution >= 4 is 10.4 Å². The van der Waals surface area contributed by atoms with Gasteiger partial charge in [-0.15, -0.1) is 0 Å². The van der Waals surface area contributed by atoms with Gasteiger partial charge in [0.15, 0.2) is 0 Å². The molecule has 0 saturated heterocycles. The summed E-state index contributed by atoms with van der Waals surface area (Å²) >= 11 is 2.10. The maximum absolute atomic E-state index is 11.1. The van der Waals surface area contributed by atoms with Crippen LogP contribution in [0.3, 0.4) is 0 Å². The van der Waals surface area contributed by atoms with Crippen molar-refractivity contribution in [3.8, 4) is 5.75 Å². The number of ether oxygens (including phenoxy) is 1. The van der Waals surface area contributed by atoms with E-state index in [-0.39, 0.29) is 20.6 Å². The third-order valence-electron chi connectivity index (χ3n) is 2.26. The molecule has 0 saturated carbocycles. The van der Waals surface area contributed by atoms with Gasteiger partial charge in [0, 0.05) is 2.85 Å². The molecule has 0 heterocycles. The van der Waals surface area contributed by atoms with Crippen LogP contribution in [0.25, 0.3) is 0 Å². The molecule has 0 aliphatic carbocycles. The molecule has 6 heteroatoms. The van der Waals surface area contributed by atoms with E-state index in [2.05, 4.69) is 22.3 Å². The van der Waals surface area contributed by atoms with Gasteiger partial charge < -0.3 is 0 Å². The molecular weight excluding hydrogens is 271 g/mol. The van der Waals surface area contributed by atoms with Gasteiger partial charge in [0.1, 0.15) is 0 Å². The fourth-order valence-electron chi connectivity index (χ4n) is 1.54. The van der Waals surface area contributed by atoms with Crippen molar-refractivity contribution in [2.24, 2.45) is 5.73 Å². The molecule has 0 unspecified atom stereocenters. The van der Waals surface area contributed by atoms with E-state index in [9.17, 15) is 9.90 Å². The summed E-state index contributed by atoms with van der Waals surface area (Å²) in [6, 6.07) is 6.67. The Balaban J connectivity index is 0. The second-order valence-electron chi connectivity index (χ2n) is 3.92. The third-order valence-corrected chi connectivity index (χ3v) is 2.46. The van der Waals surface area contributed by atoms with Crippen LogP contribution in [0, 0.1) is 0 Å². The fourth-order valence-corrected chi connectivity index (χ4v) is 1.66. The molecule has 1 amide bonds. The molecule has 0 spiro atoms. The van der Waals surface area contributed by atoms with Crippen LogP contribution in [0.1, 0.15) is 15.3 Å². The quantitative estimate of drug-likeness (QED) is 0.714.